The van der Waals surface area contributed by atoms with Crippen molar-refractivity contribution in [2.45, 2.75) is 31.1 Å². The molecule has 2 amide bonds. The monoisotopic (exact) mass is 332 g/mol. The molecule has 1 saturated carbocycles. The van der Waals surface area contributed by atoms with E-state index in [-0.39, 0.29) is 18.2 Å². The molecule has 0 spiro atoms. The molecule has 23 heavy (non-hydrogen) atoms. The van der Waals surface area contributed by atoms with Gasteiger partial charge in [-0.3, -0.25) is 14.9 Å². The molecular formula is C15H13FN4O2S. The molecule has 1 fully saturated rings. The first-order valence-electron chi connectivity index (χ1n) is 7.34. The van der Waals surface area contributed by atoms with Crippen LogP contribution in [0.2, 0.25) is 0 Å². The van der Waals surface area contributed by atoms with Gasteiger partial charge in [-0.25, -0.2) is 4.39 Å². The fraction of sp³-hybridized carbons (Fsp3) is 0.333. The minimum absolute atomic E-state index is 0.0265. The fourth-order valence-electron chi connectivity index (χ4n) is 2.64. The van der Waals surface area contributed by atoms with Crippen LogP contribution in [0.15, 0.2) is 18.2 Å². The smallest absolute Gasteiger partial charge is 0.234 e. The van der Waals surface area contributed by atoms with Crippen molar-refractivity contribution in [2.24, 2.45) is 0 Å². The molecule has 1 aromatic heterocycles. The highest BCUT2D eigenvalue weighted by Crippen LogP contribution is 2.42. The summed E-state index contributed by atoms with van der Waals surface area (Å²) >= 11 is 1.37. The van der Waals surface area contributed by atoms with Crippen molar-refractivity contribution in [3.8, 4) is 0 Å². The lowest BCUT2D eigenvalue weighted by Gasteiger charge is -2.24. The van der Waals surface area contributed by atoms with E-state index in [1.165, 1.54) is 29.5 Å². The summed E-state index contributed by atoms with van der Waals surface area (Å²) in [7, 11) is 0. The number of halogens is 1. The van der Waals surface area contributed by atoms with E-state index < -0.39 is 11.7 Å². The van der Waals surface area contributed by atoms with Crippen LogP contribution < -0.4 is 10.6 Å². The Morgan fingerprint density at radius 3 is 2.96 bits per heavy atom. The number of benzene rings is 1. The van der Waals surface area contributed by atoms with Crippen molar-refractivity contribution in [2.75, 3.05) is 10.6 Å². The molecule has 2 heterocycles. The molecule has 0 saturated heterocycles. The zero-order valence-electron chi connectivity index (χ0n) is 12.0. The van der Waals surface area contributed by atoms with Crippen LogP contribution in [0, 0.1) is 5.82 Å². The Kier molecular flexibility index (Phi) is 3.33. The van der Waals surface area contributed by atoms with Gasteiger partial charge in [0.25, 0.3) is 0 Å². The normalized spacial score (nSPS) is 19.9. The van der Waals surface area contributed by atoms with E-state index in [1.807, 2.05) is 0 Å². The summed E-state index contributed by atoms with van der Waals surface area (Å²) in [6.07, 6.45) is 2.26. The Morgan fingerprint density at radius 2 is 2.17 bits per heavy atom. The van der Waals surface area contributed by atoms with Crippen LogP contribution in [0.4, 0.5) is 15.2 Å². The molecule has 2 aromatic rings. The maximum atomic E-state index is 13.3. The Hall–Kier alpha value is -2.35. The summed E-state index contributed by atoms with van der Waals surface area (Å²) in [6, 6.07) is 4.04. The zero-order valence-corrected chi connectivity index (χ0v) is 12.8. The fourth-order valence-corrected chi connectivity index (χ4v) is 3.56. The number of fused-ring (bicyclic) bond motifs is 1. The van der Waals surface area contributed by atoms with Crippen molar-refractivity contribution in [1.29, 1.82) is 0 Å². The highest BCUT2D eigenvalue weighted by molar-refractivity contribution is 7.15. The molecule has 4 rings (SSSR count). The van der Waals surface area contributed by atoms with Crippen molar-refractivity contribution in [3.63, 3.8) is 0 Å². The van der Waals surface area contributed by atoms with E-state index in [1.54, 1.807) is 0 Å². The second-order valence-electron chi connectivity index (χ2n) is 5.75. The number of carbonyl (C=O) groups excluding carboxylic acids is 2. The Bertz CT molecular complexity index is 803. The van der Waals surface area contributed by atoms with Gasteiger partial charge in [0.1, 0.15) is 10.8 Å². The van der Waals surface area contributed by atoms with Gasteiger partial charge < -0.3 is 5.32 Å². The van der Waals surface area contributed by atoms with Crippen LogP contribution in [-0.4, -0.2) is 22.0 Å². The molecule has 2 N–H and O–H groups in total. The average Bonchev–Trinajstić information content (AvgIpc) is 3.26. The second-order valence-corrected chi connectivity index (χ2v) is 6.75. The Balaban J connectivity index is 1.56. The van der Waals surface area contributed by atoms with Crippen molar-refractivity contribution < 1.29 is 14.0 Å². The average molecular weight is 332 g/mol. The summed E-state index contributed by atoms with van der Waals surface area (Å²) in [5, 5.41) is 14.7. The molecule has 1 aliphatic heterocycles. The molecule has 0 radical (unpaired) electrons. The summed E-state index contributed by atoms with van der Waals surface area (Å²) in [4.78, 5) is 24.3. The number of amides is 2. The number of rotatable bonds is 3. The van der Waals surface area contributed by atoms with Gasteiger partial charge in [0, 0.05) is 18.0 Å². The maximum absolute atomic E-state index is 13.3. The maximum Gasteiger partial charge on any atom is 0.234 e. The van der Waals surface area contributed by atoms with Crippen LogP contribution in [0.5, 0.6) is 0 Å². The first kappa shape index (κ1) is 14.3. The third-order valence-electron chi connectivity index (χ3n) is 3.97. The van der Waals surface area contributed by atoms with Gasteiger partial charge in [-0.15, -0.1) is 10.2 Å². The summed E-state index contributed by atoms with van der Waals surface area (Å²) in [6.45, 7) is 0. The number of nitrogens with zero attached hydrogens (tertiary/aromatic N) is 2. The molecule has 2 aliphatic rings. The van der Waals surface area contributed by atoms with Crippen molar-refractivity contribution in [1.82, 2.24) is 10.2 Å². The Labute approximate surface area is 135 Å². The molecule has 1 aliphatic carbocycles. The van der Waals surface area contributed by atoms with Gasteiger partial charge in [-0.05, 0) is 30.5 Å². The molecule has 8 heteroatoms. The van der Waals surface area contributed by atoms with Crippen LogP contribution >= 0.6 is 11.3 Å². The number of hydrogen-bond donors (Lipinski definition) is 2. The summed E-state index contributed by atoms with van der Waals surface area (Å²) in [5.41, 5.74) is 0.952. The molecule has 6 nitrogen and oxygen atoms in total. The number of anilines is 2. The molecule has 0 bridgehead atoms. The third-order valence-corrected chi connectivity index (χ3v) is 4.97. The van der Waals surface area contributed by atoms with Crippen LogP contribution in [0.3, 0.4) is 0 Å². The summed E-state index contributed by atoms with van der Waals surface area (Å²) in [5.74, 6) is -1.27. The van der Waals surface area contributed by atoms with Gasteiger partial charge in [-0.2, -0.15) is 0 Å². The van der Waals surface area contributed by atoms with Gasteiger partial charge in [0.05, 0.1) is 5.92 Å². The number of carbonyl (C=O) groups is 2. The standard InChI is InChI=1S/C15H13FN4O2S/c16-8-3-4-9-10(6-12(21)17-11(9)5-8)13(22)18-15-20-19-14(23-15)7-1-2-7/h3-5,7,10H,1-2,6H2,(H,17,21)(H,18,20,22). The van der Waals surface area contributed by atoms with E-state index in [0.29, 0.717) is 22.3 Å². The third kappa shape index (κ3) is 2.81. The Morgan fingerprint density at radius 1 is 1.35 bits per heavy atom. The highest BCUT2D eigenvalue weighted by atomic mass is 32.1. The predicted octanol–water partition coefficient (Wildman–Crippen LogP) is 2.62. The van der Waals surface area contributed by atoms with E-state index in [9.17, 15) is 14.0 Å². The number of nitrogens with one attached hydrogen (secondary N) is 2. The highest BCUT2D eigenvalue weighted by Gasteiger charge is 2.32. The first-order chi connectivity index (χ1) is 11.1. The van der Waals surface area contributed by atoms with E-state index in [0.717, 1.165) is 17.8 Å². The van der Waals surface area contributed by atoms with Crippen LogP contribution in [0.25, 0.3) is 0 Å². The second kappa shape index (κ2) is 5.38. The van der Waals surface area contributed by atoms with Gasteiger partial charge >= 0.3 is 0 Å². The predicted molar refractivity (Wildman–Crippen MR) is 82.9 cm³/mol. The van der Waals surface area contributed by atoms with E-state index in [2.05, 4.69) is 20.8 Å². The zero-order chi connectivity index (χ0) is 16.0. The lowest BCUT2D eigenvalue weighted by atomic mass is 9.90. The lowest BCUT2D eigenvalue weighted by Crippen LogP contribution is -2.30. The van der Waals surface area contributed by atoms with E-state index in [4.69, 9.17) is 0 Å². The lowest BCUT2D eigenvalue weighted by molar-refractivity contribution is -0.123. The first-order valence-corrected chi connectivity index (χ1v) is 8.15. The molecular weight excluding hydrogens is 319 g/mol. The van der Waals surface area contributed by atoms with Crippen LogP contribution in [-0.2, 0) is 9.59 Å². The molecule has 1 aromatic carbocycles. The quantitative estimate of drug-likeness (QED) is 0.905. The van der Waals surface area contributed by atoms with Crippen LogP contribution in [0.1, 0.15) is 41.7 Å². The minimum atomic E-state index is -0.660. The largest absolute Gasteiger partial charge is 0.326 e. The van der Waals surface area contributed by atoms with Crippen molar-refractivity contribution >= 4 is 34.0 Å². The van der Waals surface area contributed by atoms with E-state index >= 15 is 0 Å². The van der Waals surface area contributed by atoms with Gasteiger partial charge in [0.2, 0.25) is 16.9 Å². The topological polar surface area (TPSA) is 84.0 Å². The van der Waals surface area contributed by atoms with Crippen molar-refractivity contribution in [3.05, 3.63) is 34.6 Å². The molecule has 118 valence electrons. The minimum Gasteiger partial charge on any atom is -0.326 e. The SMILES string of the molecule is O=C1CC(C(=O)Nc2nnc(C3CC3)s2)c2ccc(F)cc2N1. The molecule has 1 unspecified atom stereocenters. The molecule has 1 atom stereocenters. The van der Waals surface area contributed by atoms with Gasteiger partial charge in [0.15, 0.2) is 0 Å². The number of hydrogen-bond acceptors (Lipinski definition) is 5. The number of aromatic nitrogens is 2. The summed E-state index contributed by atoms with van der Waals surface area (Å²) < 4.78 is 13.3. The van der Waals surface area contributed by atoms with Gasteiger partial charge in [-0.1, -0.05) is 17.4 Å².